The predicted octanol–water partition coefficient (Wildman–Crippen LogP) is 4.05. The van der Waals surface area contributed by atoms with Gasteiger partial charge in [0.15, 0.2) is 0 Å². The first-order valence-electron chi connectivity index (χ1n) is 7.35. The van der Waals surface area contributed by atoms with Gasteiger partial charge in [0.05, 0.1) is 29.2 Å². The van der Waals surface area contributed by atoms with E-state index in [0.29, 0.717) is 22.3 Å². The van der Waals surface area contributed by atoms with E-state index in [2.05, 4.69) is 4.74 Å². The molecule has 0 fully saturated rings. The lowest BCUT2D eigenvalue weighted by Crippen LogP contribution is -2.12. The summed E-state index contributed by atoms with van der Waals surface area (Å²) >= 11 is 0. The lowest BCUT2D eigenvalue weighted by Gasteiger charge is -2.21. The number of phenols is 1. The molecule has 0 unspecified atom stereocenters. The predicted molar refractivity (Wildman–Crippen MR) is 90.2 cm³/mol. The molecule has 0 bridgehead atoms. The Labute approximate surface area is 139 Å². The molecule has 0 radical (unpaired) electrons. The van der Waals surface area contributed by atoms with Crippen LogP contribution in [0.4, 0.5) is 5.69 Å². The lowest BCUT2D eigenvalue weighted by molar-refractivity contribution is -0.384. The number of carbonyl (C=O) groups is 1. The van der Waals surface area contributed by atoms with Crippen LogP contribution in [0.3, 0.4) is 0 Å². The zero-order valence-electron chi connectivity index (χ0n) is 14.0. The summed E-state index contributed by atoms with van der Waals surface area (Å²) in [5.41, 5.74) is 1.13. The van der Waals surface area contributed by atoms with E-state index in [4.69, 9.17) is 0 Å². The first-order chi connectivity index (χ1) is 11.1. The number of nitrogens with zero attached hydrogens (tertiary/aromatic N) is 1. The molecule has 2 aromatic carbocycles. The van der Waals surface area contributed by atoms with Crippen LogP contribution in [0.2, 0.25) is 0 Å². The van der Waals surface area contributed by atoms with Crippen molar-refractivity contribution in [2.45, 2.75) is 26.2 Å². The molecule has 0 amide bonds. The number of benzene rings is 2. The second kappa shape index (κ2) is 6.31. The summed E-state index contributed by atoms with van der Waals surface area (Å²) in [6, 6.07) is 9.18. The molecule has 0 aliphatic heterocycles. The van der Waals surface area contributed by atoms with E-state index in [1.165, 1.54) is 13.2 Å². The third-order valence-corrected chi connectivity index (χ3v) is 3.71. The van der Waals surface area contributed by atoms with Crippen molar-refractivity contribution in [2.24, 2.45) is 0 Å². The van der Waals surface area contributed by atoms with Crippen LogP contribution in [0, 0.1) is 10.1 Å². The molecule has 6 heteroatoms. The van der Waals surface area contributed by atoms with E-state index in [-0.39, 0.29) is 11.4 Å². The van der Waals surface area contributed by atoms with Crippen molar-refractivity contribution < 1.29 is 19.6 Å². The van der Waals surface area contributed by atoms with Crippen LogP contribution < -0.4 is 0 Å². The van der Waals surface area contributed by atoms with Crippen LogP contribution >= 0.6 is 0 Å². The molecule has 126 valence electrons. The molecular formula is C18H19NO5. The Morgan fingerprint density at radius 3 is 2.42 bits per heavy atom. The van der Waals surface area contributed by atoms with Crippen LogP contribution in [0.15, 0.2) is 36.4 Å². The number of nitro groups is 1. The Morgan fingerprint density at radius 1 is 1.21 bits per heavy atom. The Morgan fingerprint density at radius 2 is 1.88 bits per heavy atom. The molecule has 0 aromatic heterocycles. The lowest BCUT2D eigenvalue weighted by atomic mass is 9.84. The zero-order chi connectivity index (χ0) is 18.1. The molecule has 0 heterocycles. The van der Waals surface area contributed by atoms with Gasteiger partial charge < -0.3 is 9.84 Å². The maximum atomic E-state index is 11.7. The fraction of sp³-hybridized carbons (Fsp3) is 0.278. The van der Waals surface area contributed by atoms with Gasteiger partial charge >= 0.3 is 5.97 Å². The van der Waals surface area contributed by atoms with Crippen molar-refractivity contribution in [1.29, 1.82) is 0 Å². The van der Waals surface area contributed by atoms with Crippen molar-refractivity contribution in [1.82, 2.24) is 0 Å². The molecule has 2 aromatic rings. The third kappa shape index (κ3) is 3.37. The molecule has 1 N–H and O–H groups in total. The topological polar surface area (TPSA) is 89.7 Å². The molecule has 2 rings (SSSR count). The number of carbonyl (C=O) groups excluding carboxylic acids is 1. The van der Waals surface area contributed by atoms with Gasteiger partial charge in [-0.25, -0.2) is 4.79 Å². The third-order valence-electron chi connectivity index (χ3n) is 3.71. The first-order valence-corrected chi connectivity index (χ1v) is 7.35. The quantitative estimate of drug-likeness (QED) is 0.521. The maximum Gasteiger partial charge on any atom is 0.337 e. The molecule has 0 aliphatic carbocycles. The number of hydrogen-bond acceptors (Lipinski definition) is 5. The average molecular weight is 329 g/mol. The summed E-state index contributed by atoms with van der Waals surface area (Å²) in [5, 5.41) is 21.5. The largest absolute Gasteiger partial charge is 0.507 e. The minimum absolute atomic E-state index is 0.123. The Balaban J connectivity index is 2.72. The van der Waals surface area contributed by atoms with Gasteiger partial charge in [-0.1, -0.05) is 32.9 Å². The highest BCUT2D eigenvalue weighted by molar-refractivity contribution is 5.91. The van der Waals surface area contributed by atoms with E-state index >= 15 is 0 Å². The Bertz CT molecular complexity index is 806. The zero-order valence-corrected chi connectivity index (χ0v) is 14.0. The molecule has 0 saturated carbocycles. The van der Waals surface area contributed by atoms with Crippen LogP contribution in [0.1, 0.15) is 36.7 Å². The van der Waals surface area contributed by atoms with Crippen molar-refractivity contribution in [2.75, 3.05) is 7.11 Å². The van der Waals surface area contributed by atoms with E-state index in [0.717, 1.165) is 6.07 Å². The maximum absolute atomic E-state index is 11.7. The van der Waals surface area contributed by atoms with Gasteiger partial charge in [0.2, 0.25) is 0 Å². The SMILES string of the molecule is COC(=O)c1cccc(-c2cc(C(C)(C)C)c(O)cc2[N+](=O)[O-])c1. The molecule has 24 heavy (non-hydrogen) atoms. The normalized spacial score (nSPS) is 11.2. The number of esters is 1. The van der Waals surface area contributed by atoms with E-state index in [9.17, 15) is 20.0 Å². The molecule has 0 aliphatic rings. The molecule has 0 spiro atoms. The second-order valence-electron chi connectivity index (χ2n) is 6.47. The van der Waals surface area contributed by atoms with Crippen molar-refractivity contribution in [3.05, 3.63) is 57.6 Å². The summed E-state index contributed by atoms with van der Waals surface area (Å²) in [7, 11) is 1.27. The van der Waals surface area contributed by atoms with Crippen LogP contribution in [0.25, 0.3) is 11.1 Å². The molecule has 0 atom stereocenters. The monoisotopic (exact) mass is 329 g/mol. The van der Waals surface area contributed by atoms with Crippen molar-refractivity contribution >= 4 is 11.7 Å². The summed E-state index contributed by atoms with van der Waals surface area (Å²) in [6.07, 6.45) is 0. The second-order valence-corrected chi connectivity index (χ2v) is 6.47. The number of rotatable bonds is 3. The fourth-order valence-electron chi connectivity index (χ4n) is 2.49. The minimum Gasteiger partial charge on any atom is -0.507 e. The van der Waals surface area contributed by atoms with Gasteiger partial charge in [0.1, 0.15) is 5.75 Å². The van der Waals surface area contributed by atoms with Gasteiger partial charge in [-0.2, -0.15) is 0 Å². The summed E-state index contributed by atoms with van der Waals surface area (Å²) in [6.45, 7) is 5.72. The standard InChI is InChI=1S/C18H19NO5/c1-18(2,3)14-9-13(15(19(22)23)10-16(14)20)11-6-5-7-12(8-11)17(21)24-4/h5-10,20H,1-4H3. The first kappa shape index (κ1) is 17.5. The smallest absolute Gasteiger partial charge is 0.337 e. The van der Waals surface area contributed by atoms with E-state index in [1.54, 1.807) is 24.3 Å². The van der Waals surface area contributed by atoms with Crippen LogP contribution in [0.5, 0.6) is 5.75 Å². The van der Waals surface area contributed by atoms with E-state index in [1.807, 2.05) is 20.8 Å². The fourth-order valence-corrected chi connectivity index (χ4v) is 2.49. The van der Waals surface area contributed by atoms with Crippen LogP contribution in [-0.2, 0) is 10.2 Å². The highest BCUT2D eigenvalue weighted by atomic mass is 16.6. The van der Waals surface area contributed by atoms with Gasteiger partial charge in [0, 0.05) is 5.56 Å². The number of methoxy groups -OCH3 is 1. The number of hydrogen-bond donors (Lipinski definition) is 1. The van der Waals surface area contributed by atoms with Crippen LogP contribution in [-0.4, -0.2) is 23.1 Å². The average Bonchev–Trinajstić information content (AvgIpc) is 2.52. The van der Waals surface area contributed by atoms with Gasteiger partial charge in [-0.15, -0.1) is 0 Å². The number of phenolic OH excluding ortho intramolecular Hbond substituents is 1. The van der Waals surface area contributed by atoms with Crippen molar-refractivity contribution in [3.63, 3.8) is 0 Å². The van der Waals surface area contributed by atoms with Crippen molar-refractivity contribution in [3.8, 4) is 16.9 Å². The Hall–Kier alpha value is -2.89. The molecule has 6 nitrogen and oxygen atoms in total. The minimum atomic E-state index is -0.549. The summed E-state index contributed by atoms with van der Waals surface area (Å²) in [5.74, 6) is -0.642. The Kier molecular flexibility index (Phi) is 4.59. The van der Waals surface area contributed by atoms with E-state index < -0.39 is 16.3 Å². The molecule has 0 saturated heterocycles. The van der Waals surface area contributed by atoms with Gasteiger partial charge in [-0.3, -0.25) is 10.1 Å². The van der Waals surface area contributed by atoms with Gasteiger partial charge in [-0.05, 0) is 29.2 Å². The molecular weight excluding hydrogens is 310 g/mol. The number of ether oxygens (including phenoxy) is 1. The highest BCUT2D eigenvalue weighted by Crippen LogP contribution is 2.40. The highest BCUT2D eigenvalue weighted by Gasteiger charge is 2.25. The number of aromatic hydroxyl groups is 1. The number of nitro benzene ring substituents is 1. The summed E-state index contributed by atoms with van der Waals surface area (Å²) in [4.78, 5) is 22.5. The summed E-state index contributed by atoms with van der Waals surface area (Å²) < 4.78 is 4.69. The van der Waals surface area contributed by atoms with Gasteiger partial charge in [0.25, 0.3) is 5.69 Å².